The zero-order valence-corrected chi connectivity index (χ0v) is 13.1. The van der Waals surface area contributed by atoms with Crippen LogP contribution in [0.5, 0.6) is 0 Å². The average molecular weight is 301 g/mol. The minimum absolute atomic E-state index is 0. The SMILES string of the molecule is CC1CN(C2c3ccccc3-c3ccccc32)CCN1.Cl. The number of piperazine rings is 1. The molecule has 21 heavy (non-hydrogen) atoms. The van der Waals surface area contributed by atoms with Crippen LogP contribution in [0.2, 0.25) is 0 Å². The zero-order valence-electron chi connectivity index (χ0n) is 12.3. The van der Waals surface area contributed by atoms with Crippen molar-refractivity contribution >= 4 is 12.4 Å². The molecule has 1 aliphatic carbocycles. The molecule has 4 rings (SSSR count). The van der Waals surface area contributed by atoms with Gasteiger partial charge >= 0.3 is 0 Å². The summed E-state index contributed by atoms with van der Waals surface area (Å²) in [4.78, 5) is 2.63. The van der Waals surface area contributed by atoms with E-state index in [1.54, 1.807) is 0 Å². The summed E-state index contributed by atoms with van der Waals surface area (Å²) >= 11 is 0. The molecular weight excluding hydrogens is 280 g/mol. The van der Waals surface area contributed by atoms with Gasteiger partial charge in [-0.3, -0.25) is 4.90 Å². The molecule has 2 nitrogen and oxygen atoms in total. The van der Waals surface area contributed by atoms with Crippen molar-refractivity contribution in [2.45, 2.75) is 19.0 Å². The molecule has 1 fully saturated rings. The molecule has 1 unspecified atom stereocenters. The van der Waals surface area contributed by atoms with E-state index >= 15 is 0 Å². The maximum Gasteiger partial charge on any atom is 0.0614 e. The summed E-state index contributed by atoms with van der Waals surface area (Å²) in [7, 11) is 0. The molecule has 0 spiro atoms. The van der Waals surface area contributed by atoms with Gasteiger partial charge in [-0.15, -0.1) is 12.4 Å². The molecule has 3 heteroatoms. The van der Waals surface area contributed by atoms with Gasteiger partial charge in [0.15, 0.2) is 0 Å². The van der Waals surface area contributed by atoms with Crippen molar-refractivity contribution in [3.05, 3.63) is 59.7 Å². The molecule has 1 saturated heterocycles. The van der Waals surface area contributed by atoms with Gasteiger partial charge in [0.2, 0.25) is 0 Å². The Morgan fingerprint density at radius 1 is 0.952 bits per heavy atom. The first kappa shape index (κ1) is 14.6. The number of nitrogens with zero attached hydrogens (tertiary/aromatic N) is 1. The van der Waals surface area contributed by atoms with Gasteiger partial charge in [-0.05, 0) is 29.2 Å². The van der Waals surface area contributed by atoms with E-state index in [4.69, 9.17) is 0 Å². The van der Waals surface area contributed by atoms with Crippen LogP contribution >= 0.6 is 12.4 Å². The highest BCUT2D eigenvalue weighted by Crippen LogP contribution is 2.46. The molecule has 2 aliphatic rings. The Bertz CT molecular complexity index is 595. The molecule has 2 aromatic rings. The summed E-state index contributed by atoms with van der Waals surface area (Å²) in [6.07, 6.45) is 0. The van der Waals surface area contributed by atoms with Gasteiger partial charge in [-0.25, -0.2) is 0 Å². The number of rotatable bonds is 1. The van der Waals surface area contributed by atoms with E-state index in [1.165, 1.54) is 22.3 Å². The Morgan fingerprint density at radius 2 is 1.52 bits per heavy atom. The molecule has 0 amide bonds. The van der Waals surface area contributed by atoms with Crippen LogP contribution < -0.4 is 5.32 Å². The molecule has 0 aromatic heterocycles. The van der Waals surface area contributed by atoms with Gasteiger partial charge in [0.25, 0.3) is 0 Å². The summed E-state index contributed by atoms with van der Waals surface area (Å²) in [6, 6.07) is 18.8. The predicted molar refractivity (Wildman–Crippen MR) is 90.0 cm³/mol. The molecule has 1 N–H and O–H groups in total. The lowest BCUT2D eigenvalue weighted by atomic mass is 10.0. The molecule has 110 valence electrons. The first-order valence-electron chi connectivity index (χ1n) is 7.50. The third-order valence-corrected chi connectivity index (χ3v) is 4.57. The molecule has 0 saturated carbocycles. The monoisotopic (exact) mass is 300 g/mol. The van der Waals surface area contributed by atoms with Crippen molar-refractivity contribution in [3.8, 4) is 11.1 Å². The minimum atomic E-state index is 0. The summed E-state index contributed by atoms with van der Waals surface area (Å²) in [5.41, 5.74) is 5.78. The number of nitrogens with one attached hydrogen (secondary N) is 1. The van der Waals surface area contributed by atoms with Gasteiger partial charge in [0.05, 0.1) is 6.04 Å². The molecule has 1 atom stereocenters. The Morgan fingerprint density at radius 3 is 2.10 bits per heavy atom. The van der Waals surface area contributed by atoms with Gasteiger partial charge in [-0.2, -0.15) is 0 Å². The second-order valence-corrected chi connectivity index (χ2v) is 5.93. The maximum atomic E-state index is 3.54. The Hall–Kier alpha value is -1.35. The fourth-order valence-electron chi connectivity index (χ4n) is 3.72. The molecule has 1 heterocycles. The number of hydrogen-bond donors (Lipinski definition) is 1. The number of fused-ring (bicyclic) bond motifs is 3. The lowest BCUT2D eigenvalue weighted by molar-refractivity contribution is 0.172. The van der Waals surface area contributed by atoms with E-state index < -0.39 is 0 Å². The number of benzene rings is 2. The highest BCUT2D eigenvalue weighted by atomic mass is 35.5. The topological polar surface area (TPSA) is 15.3 Å². The van der Waals surface area contributed by atoms with Crippen LogP contribution in [0, 0.1) is 0 Å². The van der Waals surface area contributed by atoms with Crippen molar-refractivity contribution in [2.75, 3.05) is 19.6 Å². The predicted octanol–water partition coefficient (Wildman–Crippen LogP) is 3.47. The van der Waals surface area contributed by atoms with Crippen LogP contribution in [0.4, 0.5) is 0 Å². The lowest BCUT2D eigenvalue weighted by Crippen LogP contribution is -2.50. The van der Waals surface area contributed by atoms with Crippen LogP contribution in [0.15, 0.2) is 48.5 Å². The highest BCUT2D eigenvalue weighted by molar-refractivity contribution is 5.85. The fraction of sp³-hybridized carbons (Fsp3) is 0.333. The molecule has 0 radical (unpaired) electrons. The summed E-state index contributed by atoms with van der Waals surface area (Å²) in [5, 5.41) is 3.54. The molecule has 2 aromatic carbocycles. The maximum absolute atomic E-state index is 3.54. The standard InChI is InChI=1S/C18H20N2.ClH/c1-13-12-20(11-10-19-13)18-16-8-4-2-6-14(16)15-7-3-5-9-17(15)18;/h2-9,13,18-19H,10-12H2,1H3;1H. The first-order chi connectivity index (χ1) is 9.84. The van der Waals surface area contributed by atoms with E-state index in [2.05, 4.69) is 65.7 Å². The fourth-order valence-corrected chi connectivity index (χ4v) is 3.72. The van der Waals surface area contributed by atoms with Crippen molar-refractivity contribution < 1.29 is 0 Å². The number of halogens is 1. The highest BCUT2D eigenvalue weighted by Gasteiger charge is 2.33. The van der Waals surface area contributed by atoms with Crippen LogP contribution in [0.1, 0.15) is 24.1 Å². The Balaban J connectivity index is 0.00000132. The van der Waals surface area contributed by atoms with Crippen LogP contribution in [0.3, 0.4) is 0 Å². The Labute approximate surface area is 132 Å². The average Bonchev–Trinajstić information content (AvgIpc) is 2.82. The normalized spacial score (nSPS) is 21.5. The lowest BCUT2D eigenvalue weighted by Gasteiger charge is -2.37. The molecular formula is C18H21ClN2. The zero-order chi connectivity index (χ0) is 13.5. The van der Waals surface area contributed by atoms with Crippen LogP contribution in [-0.2, 0) is 0 Å². The molecule has 0 bridgehead atoms. The van der Waals surface area contributed by atoms with Crippen molar-refractivity contribution in [1.82, 2.24) is 10.2 Å². The van der Waals surface area contributed by atoms with Crippen molar-refractivity contribution in [3.63, 3.8) is 0 Å². The van der Waals surface area contributed by atoms with E-state index in [-0.39, 0.29) is 12.4 Å². The largest absolute Gasteiger partial charge is 0.312 e. The van der Waals surface area contributed by atoms with Crippen molar-refractivity contribution in [1.29, 1.82) is 0 Å². The Kier molecular flexibility index (Phi) is 4.03. The molecule has 1 aliphatic heterocycles. The van der Waals surface area contributed by atoms with Crippen molar-refractivity contribution in [2.24, 2.45) is 0 Å². The van der Waals surface area contributed by atoms with E-state index in [0.717, 1.165) is 19.6 Å². The summed E-state index contributed by atoms with van der Waals surface area (Å²) < 4.78 is 0. The van der Waals surface area contributed by atoms with Gasteiger partial charge in [0.1, 0.15) is 0 Å². The minimum Gasteiger partial charge on any atom is -0.312 e. The second-order valence-electron chi connectivity index (χ2n) is 5.93. The van der Waals surface area contributed by atoms with Gasteiger partial charge in [0, 0.05) is 25.7 Å². The smallest absolute Gasteiger partial charge is 0.0614 e. The third kappa shape index (κ3) is 2.38. The van der Waals surface area contributed by atoms with Gasteiger partial charge in [-0.1, -0.05) is 48.5 Å². The first-order valence-corrected chi connectivity index (χ1v) is 7.50. The van der Waals surface area contributed by atoms with Gasteiger partial charge < -0.3 is 5.32 Å². The number of hydrogen-bond acceptors (Lipinski definition) is 2. The van der Waals surface area contributed by atoms with Crippen LogP contribution in [-0.4, -0.2) is 30.6 Å². The van der Waals surface area contributed by atoms with E-state index in [0.29, 0.717) is 12.1 Å². The quantitative estimate of drug-likeness (QED) is 0.867. The third-order valence-electron chi connectivity index (χ3n) is 4.57. The summed E-state index contributed by atoms with van der Waals surface area (Å²) in [5.74, 6) is 0. The van der Waals surface area contributed by atoms with E-state index in [9.17, 15) is 0 Å². The summed E-state index contributed by atoms with van der Waals surface area (Å²) in [6.45, 7) is 5.60. The van der Waals surface area contributed by atoms with Crippen LogP contribution in [0.25, 0.3) is 11.1 Å². The van der Waals surface area contributed by atoms with E-state index in [1.807, 2.05) is 0 Å². The second kappa shape index (κ2) is 5.80.